The Balaban J connectivity index is 3.17. The normalized spacial score (nSPS) is 14.9. The number of hydrogen-bond acceptors (Lipinski definition) is 2. The average Bonchev–Trinajstić information content (AvgIpc) is 2.21. The summed E-state index contributed by atoms with van der Waals surface area (Å²) in [5, 5.41) is 5.48. The zero-order chi connectivity index (χ0) is 13.2. The molecule has 0 amide bonds. The lowest BCUT2D eigenvalue weighted by molar-refractivity contribution is 0.573. The van der Waals surface area contributed by atoms with Crippen LogP contribution in [0.3, 0.4) is 0 Å². The molecule has 2 N–H and O–H groups in total. The van der Waals surface area contributed by atoms with Gasteiger partial charge in [-0.25, -0.2) is 0 Å². The number of rotatable bonds is 3. The van der Waals surface area contributed by atoms with Crippen molar-refractivity contribution in [3.63, 3.8) is 0 Å². The number of benzene rings is 1. The Morgan fingerprint density at radius 1 is 1.47 bits per heavy atom. The van der Waals surface area contributed by atoms with Crippen molar-refractivity contribution in [1.82, 2.24) is 0 Å². The fraction of sp³-hybridized carbons (Fsp3) is 0.385. The molecule has 0 spiro atoms. The van der Waals surface area contributed by atoms with Crippen LogP contribution in [-0.4, -0.2) is 9.30 Å². The van der Waals surface area contributed by atoms with Crippen molar-refractivity contribution in [1.29, 1.82) is 0 Å². The minimum absolute atomic E-state index is 0.515. The fourth-order valence-corrected chi connectivity index (χ4v) is 2.35. The lowest BCUT2D eigenvalue weighted by Crippen LogP contribution is -2.36. The van der Waals surface area contributed by atoms with Crippen LogP contribution in [0.25, 0.3) is 5.57 Å². The predicted octanol–water partition coefficient (Wildman–Crippen LogP) is 3.56. The molecule has 0 bridgehead atoms. The van der Waals surface area contributed by atoms with E-state index in [2.05, 4.69) is 28.9 Å². The molecule has 0 aliphatic carbocycles. The molecular weight excluding hydrogens is 298 g/mol. The Morgan fingerprint density at radius 3 is 2.59 bits per heavy atom. The van der Waals surface area contributed by atoms with Crippen molar-refractivity contribution in [2.24, 2.45) is 5.14 Å². The molecule has 0 heterocycles. The van der Waals surface area contributed by atoms with E-state index < -0.39 is 16.1 Å². The number of nitrogens with two attached hydrogens (primary N) is 1. The van der Waals surface area contributed by atoms with E-state index in [0.29, 0.717) is 0 Å². The Labute approximate surface area is 115 Å². The molecule has 0 aliphatic rings. The molecular formula is C13H18BrNOS. The molecule has 0 radical (unpaired) electrons. The summed E-state index contributed by atoms with van der Waals surface area (Å²) < 4.78 is 12.0. The third kappa shape index (κ3) is 3.58. The molecule has 1 atom stereocenters. The molecule has 17 heavy (non-hydrogen) atoms. The molecule has 0 fully saturated rings. The first-order chi connectivity index (χ1) is 7.75. The van der Waals surface area contributed by atoms with Crippen LogP contribution < -0.4 is 5.14 Å². The number of halogens is 1. The van der Waals surface area contributed by atoms with Gasteiger partial charge in [0, 0.05) is 15.8 Å². The second-order valence-corrected chi connectivity index (χ2v) is 7.14. The Morgan fingerprint density at radius 2 is 2.06 bits per heavy atom. The molecule has 1 unspecified atom stereocenters. The lowest BCUT2D eigenvalue weighted by Gasteiger charge is -2.22. The summed E-state index contributed by atoms with van der Waals surface area (Å²) in [4.78, 5) is 0. The van der Waals surface area contributed by atoms with E-state index in [4.69, 9.17) is 5.14 Å². The maximum Gasteiger partial charge on any atom is 0.157 e. The summed E-state index contributed by atoms with van der Waals surface area (Å²) in [6.07, 6.45) is 1.97. The van der Waals surface area contributed by atoms with Crippen LogP contribution >= 0.6 is 15.9 Å². The molecule has 4 heteroatoms. The largest absolute Gasteiger partial charge is 0.598 e. The molecule has 1 aromatic rings. The molecule has 0 saturated carbocycles. The van der Waals surface area contributed by atoms with Crippen LogP contribution in [0.15, 0.2) is 28.7 Å². The maximum atomic E-state index is 11.4. The Hall–Kier alpha value is -0.290. The standard InChI is InChI=1S/C13H18BrNOS/c1-9(8-13(3,4)17(15)16)11-6-5-7-12(14)10(11)2/h5-8H,15H2,1-4H3. The number of hydrogen-bond donors (Lipinski definition) is 1. The minimum atomic E-state index is -1.37. The van der Waals surface area contributed by atoms with Crippen LogP contribution in [0.4, 0.5) is 0 Å². The van der Waals surface area contributed by atoms with Crippen LogP contribution in [0.5, 0.6) is 0 Å². The van der Waals surface area contributed by atoms with Gasteiger partial charge in [0.25, 0.3) is 0 Å². The Kier molecular flexibility index (Phi) is 4.84. The van der Waals surface area contributed by atoms with Crippen LogP contribution in [-0.2, 0) is 11.4 Å². The zero-order valence-electron chi connectivity index (χ0n) is 10.6. The first-order valence-corrected chi connectivity index (χ1v) is 7.37. The molecule has 1 rings (SSSR count). The van der Waals surface area contributed by atoms with E-state index in [-0.39, 0.29) is 0 Å². The molecule has 1 aromatic carbocycles. The van der Waals surface area contributed by atoms with Crippen LogP contribution in [0.2, 0.25) is 0 Å². The molecule has 2 nitrogen and oxygen atoms in total. The second kappa shape index (κ2) is 5.57. The van der Waals surface area contributed by atoms with E-state index in [1.807, 2.05) is 39.0 Å². The van der Waals surface area contributed by atoms with Crippen molar-refractivity contribution >= 4 is 32.9 Å². The van der Waals surface area contributed by atoms with E-state index in [0.717, 1.165) is 15.6 Å². The molecule has 0 aromatic heterocycles. The van der Waals surface area contributed by atoms with Crippen molar-refractivity contribution in [2.75, 3.05) is 0 Å². The van der Waals surface area contributed by atoms with Crippen molar-refractivity contribution in [2.45, 2.75) is 32.4 Å². The van der Waals surface area contributed by atoms with Gasteiger partial charge >= 0.3 is 0 Å². The topological polar surface area (TPSA) is 49.1 Å². The summed E-state index contributed by atoms with van der Waals surface area (Å²) >= 11 is 2.14. The fourth-order valence-electron chi connectivity index (χ4n) is 1.69. The highest BCUT2D eigenvalue weighted by atomic mass is 79.9. The van der Waals surface area contributed by atoms with E-state index in [1.165, 1.54) is 5.56 Å². The summed E-state index contributed by atoms with van der Waals surface area (Å²) in [5.41, 5.74) is 3.42. The average molecular weight is 316 g/mol. The van der Waals surface area contributed by atoms with Gasteiger partial charge < -0.3 is 4.55 Å². The van der Waals surface area contributed by atoms with Crippen LogP contribution in [0.1, 0.15) is 31.9 Å². The van der Waals surface area contributed by atoms with Crippen molar-refractivity contribution < 1.29 is 4.55 Å². The van der Waals surface area contributed by atoms with Gasteiger partial charge in [0.05, 0.1) is 0 Å². The monoisotopic (exact) mass is 315 g/mol. The SMILES string of the molecule is CC(=CC(C)(C)[S+](N)[O-])c1cccc(Br)c1C. The minimum Gasteiger partial charge on any atom is -0.598 e. The quantitative estimate of drug-likeness (QED) is 0.867. The summed E-state index contributed by atoms with van der Waals surface area (Å²) in [6.45, 7) is 7.83. The first kappa shape index (κ1) is 14.8. The predicted molar refractivity (Wildman–Crippen MR) is 78.9 cm³/mol. The smallest absolute Gasteiger partial charge is 0.157 e. The third-order valence-corrected chi connectivity index (χ3v) is 4.79. The third-order valence-electron chi connectivity index (χ3n) is 2.78. The maximum absolute atomic E-state index is 11.4. The van der Waals surface area contributed by atoms with Crippen molar-refractivity contribution in [3.8, 4) is 0 Å². The van der Waals surface area contributed by atoms with Gasteiger partial charge in [0.2, 0.25) is 0 Å². The van der Waals surface area contributed by atoms with E-state index in [9.17, 15) is 4.55 Å². The molecule has 0 aliphatic heterocycles. The highest BCUT2D eigenvalue weighted by molar-refractivity contribution is 9.10. The summed E-state index contributed by atoms with van der Waals surface area (Å²) in [7, 11) is 0. The van der Waals surface area contributed by atoms with Gasteiger partial charge in [-0.15, -0.1) is 0 Å². The van der Waals surface area contributed by atoms with E-state index >= 15 is 0 Å². The lowest BCUT2D eigenvalue weighted by atomic mass is 9.99. The highest BCUT2D eigenvalue weighted by Crippen LogP contribution is 2.28. The van der Waals surface area contributed by atoms with Gasteiger partial charge in [0.15, 0.2) is 4.75 Å². The summed E-state index contributed by atoms with van der Waals surface area (Å²) in [6, 6.07) is 6.07. The first-order valence-electron chi connectivity index (χ1n) is 5.37. The van der Waals surface area contributed by atoms with Crippen molar-refractivity contribution in [3.05, 3.63) is 39.9 Å². The highest BCUT2D eigenvalue weighted by Gasteiger charge is 2.27. The Bertz CT molecular complexity index is 441. The van der Waals surface area contributed by atoms with Gasteiger partial charge in [-0.3, -0.25) is 0 Å². The number of allylic oxidation sites excluding steroid dienone is 1. The van der Waals surface area contributed by atoms with E-state index in [1.54, 1.807) is 0 Å². The van der Waals surface area contributed by atoms with Gasteiger partial charge in [-0.05, 0) is 56.5 Å². The molecule has 0 saturated heterocycles. The second-order valence-electron chi connectivity index (χ2n) is 4.64. The molecule has 94 valence electrons. The summed E-state index contributed by atoms with van der Waals surface area (Å²) in [5.74, 6) is 0. The van der Waals surface area contributed by atoms with Crippen LogP contribution in [0, 0.1) is 6.92 Å². The van der Waals surface area contributed by atoms with Gasteiger partial charge in [-0.1, -0.05) is 28.1 Å². The van der Waals surface area contributed by atoms with Gasteiger partial charge in [-0.2, -0.15) is 5.14 Å². The zero-order valence-corrected chi connectivity index (χ0v) is 13.0. The van der Waals surface area contributed by atoms with Gasteiger partial charge in [0.1, 0.15) is 0 Å².